The second kappa shape index (κ2) is 6.41. The van der Waals surface area contributed by atoms with Crippen molar-refractivity contribution in [1.82, 2.24) is 0 Å². The molecule has 0 saturated carbocycles. The molecule has 0 radical (unpaired) electrons. The van der Waals surface area contributed by atoms with Gasteiger partial charge in [-0.3, -0.25) is 0 Å². The van der Waals surface area contributed by atoms with Gasteiger partial charge in [0.25, 0.3) is 0 Å². The van der Waals surface area contributed by atoms with Crippen molar-refractivity contribution in [2.24, 2.45) is 0 Å². The van der Waals surface area contributed by atoms with E-state index < -0.39 is 20.1 Å². The smallest absolute Gasteiger partial charge is 0.397 e. The van der Waals surface area contributed by atoms with Gasteiger partial charge in [-0.05, 0) is 42.9 Å². The third kappa shape index (κ3) is 3.87. The molecular weight excluding hydrogens is 385 g/mol. The highest BCUT2D eigenvalue weighted by Gasteiger charge is 2.59. The Kier molecular flexibility index (Phi) is 5.08. The lowest BCUT2D eigenvalue weighted by molar-refractivity contribution is -0.240. The van der Waals surface area contributed by atoms with Crippen molar-refractivity contribution in [3.05, 3.63) is 70.2 Å². The van der Waals surface area contributed by atoms with Crippen LogP contribution in [0.25, 0.3) is 0 Å². The topological polar surface area (TPSA) is 9.23 Å². The lowest BCUT2D eigenvalue weighted by atomic mass is 9.86. The molecule has 6 heteroatoms. The van der Waals surface area contributed by atoms with Crippen LogP contribution in [0.4, 0.5) is 13.2 Å². The van der Waals surface area contributed by atoms with E-state index in [0.29, 0.717) is 0 Å². The van der Waals surface area contributed by atoms with Crippen molar-refractivity contribution in [3.8, 4) is 0 Å². The number of hydrogen-bond acceptors (Lipinski definition) is 1. The van der Waals surface area contributed by atoms with Crippen molar-refractivity contribution >= 4 is 24.2 Å². The lowest BCUT2D eigenvalue weighted by Gasteiger charge is -2.41. The Bertz CT molecular complexity index is 650. The van der Waals surface area contributed by atoms with Crippen molar-refractivity contribution < 1.29 is 17.6 Å². The first kappa shape index (κ1) is 18.2. The molecule has 0 aliphatic rings. The fraction of sp³-hybridized carbons (Fsp3) is 0.294. The van der Waals surface area contributed by atoms with Gasteiger partial charge in [-0.15, -0.1) is 0 Å². The molecule has 0 saturated heterocycles. The normalized spacial score (nSPS) is 15.3. The summed E-state index contributed by atoms with van der Waals surface area (Å²) in [7, 11) is -2.51. The van der Waals surface area contributed by atoms with E-state index in [0.717, 1.165) is 4.47 Å². The van der Waals surface area contributed by atoms with Gasteiger partial charge in [0.15, 0.2) is 8.32 Å². The molecule has 1 atom stereocenters. The zero-order valence-corrected chi connectivity index (χ0v) is 15.7. The number of rotatable bonds is 4. The van der Waals surface area contributed by atoms with E-state index >= 15 is 0 Å². The van der Waals surface area contributed by atoms with Gasteiger partial charge in [0, 0.05) is 4.47 Å². The summed E-state index contributed by atoms with van der Waals surface area (Å²) < 4.78 is 49.3. The zero-order valence-electron chi connectivity index (χ0n) is 13.1. The van der Waals surface area contributed by atoms with E-state index in [2.05, 4.69) is 15.9 Å². The number of hydrogen-bond donors (Lipinski definition) is 0. The van der Waals surface area contributed by atoms with Gasteiger partial charge in [-0.2, -0.15) is 13.2 Å². The second-order valence-corrected chi connectivity index (χ2v) is 11.6. The molecule has 0 bridgehead atoms. The predicted molar refractivity (Wildman–Crippen MR) is 91.9 cm³/mol. The average Bonchev–Trinajstić information content (AvgIpc) is 2.44. The van der Waals surface area contributed by atoms with Crippen LogP contribution in [0.5, 0.6) is 0 Å². The average molecular weight is 403 g/mol. The third-order valence-corrected chi connectivity index (χ3v) is 4.74. The monoisotopic (exact) mass is 402 g/mol. The number of halogens is 4. The molecule has 0 amide bonds. The molecule has 2 aromatic carbocycles. The van der Waals surface area contributed by atoms with Crippen LogP contribution in [0.3, 0.4) is 0 Å². The highest BCUT2D eigenvalue weighted by Crippen LogP contribution is 2.49. The van der Waals surface area contributed by atoms with Crippen molar-refractivity contribution in [3.63, 3.8) is 0 Å². The lowest BCUT2D eigenvalue weighted by Crippen LogP contribution is -2.51. The van der Waals surface area contributed by atoms with Gasteiger partial charge >= 0.3 is 6.18 Å². The SMILES string of the molecule is C[Si](C)(C)OC(c1ccccc1)(c1ccc(Br)cc1)C(F)(F)F. The summed E-state index contributed by atoms with van der Waals surface area (Å²) in [4.78, 5) is 0. The predicted octanol–water partition coefficient (Wildman–Crippen LogP) is 6.11. The van der Waals surface area contributed by atoms with Crippen LogP contribution in [0.15, 0.2) is 59.1 Å². The van der Waals surface area contributed by atoms with Gasteiger partial charge in [0.2, 0.25) is 5.60 Å². The molecule has 0 spiro atoms. The van der Waals surface area contributed by atoms with Crippen LogP contribution in [0, 0.1) is 0 Å². The molecule has 0 aliphatic heterocycles. The maximum atomic E-state index is 14.3. The zero-order chi connectivity index (χ0) is 17.3. The summed E-state index contributed by atoms with van der Waals surface area (Å²) in [6.07, 6.45) is -4.58. The van der Waals surface area contributed by atoms with Crippen LogP contribution in [-0.4, -0.2) is 14.5 Å². The third-order valence-electron chi connectivity index (χ3n) is 3.29. The summed E-state index contributed by atoms with van der Waals surface area (Å²) in [5, 5.41) is 0. The van der Waals surface area contributed by atoms with E-state index in [1.54, 1.807) is 50.0 Å². The Morgan fingerprint density at radius 1 is 0.826 bits per heavy atom. The molecule has 0 aliphatic carbocycles. The maximum Gasteiger partial charge on any atom is 0.425 e. The van der Waals surface area contributed by atoms with Gasteiger partial charge in [-0.25, -0.2) is 0 Å². The van der Waals surface area contributed by atoms with E-state index in [1.807, 2.05) is 0 Å². The molecule has 2 rings (SSSR count). The summed E-state index contributed by atoms with van der Waals surface area (Å²) in [6.45, 7) is 5.28. The molecule has 0 aromatic heterocycles. The molecule has 0 fully saturated rings. The summed E-state index contributed by atoms with van der Waals surface area (Å²) in [6, 6.07) is 14.0. The first-order valence-electron chi connectivity index (χ1n) is 7.15. The Labute approximate surface area is 143 Å². The van der Waals surface area contributed by atoms with E-state index in [9.17, 15) is 13.2 Å². The minimum atomic E-state index is -4.58. The Balaban J connectivity index is 2.77. The molecule has 1 unspecified atom stereocenters. The molecule has 124 valence electrons. The van der Waals surface area contributed by atoms with Crippen molar-refractivity contribution in [2.45, 2.75) is 31.4 Å². The largest absolute Gasteiger partial charge is 0.425 e. The minimum absolute atomic E-state index is 0.0850. The van der Waals surface area contributed by atoms with E-state index in [1.165, 1.54) is 24.3 Å². The van der Waals surface area contributed by atoms with E-state index in [-0.39, 0.29) is 11.1 Å². The Morgan fingerprint density at radius 3 is 1.74 bits per heavy atom. The summed E-state index contributed by atoms with van der Waals surface area (Å²) >= 11 is 3.27. The van der Waals surface area contributed by atoms with Gasteiger partial charge in [0.05, 0.1) is 0 Å². The summed E-state index contributed by atoms with van der Waals surface area (Å²) in [5.74, 6) is 0. The van der Waals surface area contributed by atoms with Gasteiger partial charge in [-0.1, -0.05) is 58.4 Å². The molecule has 23 heavy (non-hydrogen) atoms. The molecular formula is C17H18BrF3OSi. The molecule has 0 heterocycles. The van der Waals surface area contributed by atoms with Crippen LogP contribution in [0.1, 0.15) is 11.1 Å². The summed E-state index contributed by atoms with van der Waals surface area (Å²) in [5.41, 5.74) is -2.28. The fourth-order valence-corrected chi connectivity index (χ4v) is 4.02. The number of benzene rings is 2. The number of alkyl halides is 3. The van der Waals surface area contributed by atoms with E-state index in [4.69, 9.17) is 4.43 Å². The van der Waals surface area contributed by atoms with Crippen molar-refractivity contribution in [2.75, 3.05) is 0 Å². The quantitative estimate of drug-likeness (QED) is 0.560. The standard InChI is InChI=1S/C17H18BrF3OSi/c1-23(2,3)22-16(17(19,20)21,13-7-5-4-6-8-13)14-9-11-15(18)12-10-14/h4-12H,1-3H3. The maximum absolute atomic E-state index is 14.3. The van der Waals surface area contributed by atoms with Crippen molar-refractivity contribution in [1.29, 1.82) is 0 Å². The highest BCUT2D eigenvalue weighted by atomic mass is 79.9. The first-order valence-corrected chi connectivity index (χ1v) is 11.3. The van der Waals surface area contributed by atoms with Crippen LogP contribution >= 0.6 is 15.9 Å². The minimum Gasteiger partial charge on any atom is -0.397 e. The Hall–Kier alpha value is -1.11. The van der Waals surface area contributed by atoms with Crippen LogP contribution < -0.4 is 0 Å². The molecule has 1 nitrogen and oxygen atoms in total. The van der Waals surface area contributed by atoms with Gasteiger partial charge < -0.3 is 4.43 Å². The molecule has 0 N–H and O–H groups in total. The second-order valence-electron chi connectivity index (χ2n) is 6.27. The van der Waals surface area contributed by atoms with Crippen LogP contribution in [-0.2, 0) is 10.0 Å². The highest BCUT2D eigenvalue weighted by molar-refractivity contribution is 9.10. The van der Waals surface area contributed by atoms with Gasteiger partial charge in [0.1, 0.15) is 0 Å². The van der Waals surface area contributed by atoms with Crippen LogP contribution in [0.2, 0.25) is 19.6 Å². The first-order chi connectivity index (χ1) is 10.6. The molecule has 2 aromatic rings. The fourth-order valence-electron chi connectivity index (χ4n) is 2.49. The Morgan fingerprint density at radius 2 is 1.30 bits per heavy atom.